The number of anilines is 1. The van der Waals surface area contributed by atoms with Crippen LogP contribution in [0.5, 0.6) is 0 Å². The number of amides is 3. The van der Waals surface area contributed by atoms with E-state index in [0.717, 1.165) is 17.2 Å². The summed E-state index contributed by atoms with van der Waals surface area (Å²) in [7, 11) is 4.37. The molecule has 0 aliphatic carbocycles. The third kappa shape index (κ3) is 8.53. The summed E-state index contributed by atoms with van der Waals surface area (Å²) >= 11 is 0. The minimum Gasteiger partial charge on any atom is -0.464 e. The van der Waals surface area contributed by atoms with Gasteiger partial charge in [-0.15, -0.1) is 0 Å². The van der Waals surface area contributed by atoms with Crippen molar-refractivity contribution >= 4 is 40.7 Å². The van der Waals surface area contributed by atoms with Gasteiger partial charge in [0.15, 0.2) is 0 Å². The van der Waals surface area contributed by atoms with Gasteiger partial charge in [0.05, 0.1) is 24.7 Å². The summed E-state index contributed by atoms with van der Waals surface area (Å²) in [6, 6.07) is 7.24. The van der Waals surface area contributed by atoms with E-state index in [1.807, 2.05) is 6.07 Å². The summed E-state index contributed by atoms with van der Waals surface area (Å²) in [5, 5.41) is 15.0. The molecule has 1 aromatic carbocycles. The molecule has 2 heterocycles. The highest BCUT2D eigenvalue weighted by Gasteiger charge is 2.24. The quantitative estimate of drug-likeness (QED) is 0.300. The number of hydrogen-bond donors (Lipinski definition) is 3. The minimum atomic E-state index is -1.24. The number of allylic oxidation sites excluding steroid dienone is 1. The molecular weight excluding hydrogens is 556 g/mol. The fourth-order valence-corrected chi connectivity index (χ4v) is 4.43. The SMILES string of the molecule is COC(=O)NC(CCC=CC(=O)N(C)C)C(=O)Nc1cccn(Cc2nc3c(CC(C)(C)C)cccc3n2C(=O)O)c1=O. The van der Waals surface area contributed by atoms with Crippen LogP contribution in [-0.4, -0.2) is 75.4 Å². The van der Waals surface area contributed by atoms with E-state index in [0.29, 0.717) is 17.5 Å². The molecule has 3 amide bonds. The lowest BCUT2D eigenvalue weighted by Crippen LogP contribution is -2.44. The van der Waals surface area contributed by atoms with E-state index in [9.17, 15) is 29.1 Å². The largest absolute Gasteiger partial charge is 0.464 e. The average Bonchev–Trinajstić information content (AvgIpc) is 3.30. The van der Waals surface area contributed by atoms with Crippen molar-refractivity contribution in [2.75, 3.05) is 26.5 Å². The Kier molecular flexibility index (Phi) is 10.5. The van der Waals surface area contributed by atoms with Crippen LogP contribution in [0.4, 0.5) is 15.3 Å². The number of carboxylic acid groups (broad SMARTS) is 1. The molecule has 2 aromatic heterocycles. The molecule has 230 valence electrons. The molecule has 0 spiro atoms. The van der Waals surface area contributed by atoms with Crippen LogP contribution in [-0.2, 0) is 27.3 Å². The third-order valence-electron chi connectivity index (χ3n) is 6.46. The number of para-hydroxylation sites is 1. The number of rotatable bonds is 10. The van der Waals surface area contributed by atoms with E-state index in [1.165, 1.54) is 33.9 Å². The number of carbonyl (C=O) groups is 4. The number of nitrogens with zero attached hydrogens (tertiary/aromatic N) is 4. The van der Waals surface area contributed by atoms with Crippen LogP contribution in [0.25, 0.3) is 11.0 Å². The topological polar surface area (TPSA) is 165 Å². The predicted octanol–water partition coefficient (Wildman–Crippen LogP) is 3.45. The van der Waals surface area contributed by atoms with Gasteiger partial charge in [0, 0.05) is 20.3 Å². The predicted molar refractivity (Wildman–Crippen MR) is 161 cm³/mol. The van der Waals surface area contributed by atoms with Crippen LogP contribution in [0.2, 0.25) is 0 Å². The van der Waals surface area contributed by atoms with E-state index in [4.69, 9.17) is 0 Å². The van der Waals surface area contributed by atoms with Crippen LogP contribution in [0.15, 0.2) is 53.5 Å². The summed E-state index contributed by atoms with van der Waals surface area (Å²) in [5.41, 5.74) is 1.12. The Balaban J connectivity index is 1.88. The number of carbonyl (C=O) groups excluding carboxylic acids is 3. The fraction of sp³-hybridized carbons (Fsp3) is 0.400. The number of benzene rings is 1. The number of imidazole rings is 1. The van der Waals surface area contributed by atoms with Gasteiger partial charge in [0.1, 0.15) is 17.6 Å². The molecule has 0 saturated carbocycles. The Morgan fingerprint density at radius 1 is 1.14 bits per heavy atom. The van der Waals surface area contributed by atoms with Gasteiger partial charge in [-0.25, -0.2) is 19.1 Å². The molecule has 0 bridgehead atoms. The highest BCUT2D eigenvalue weighted by molar-refractivity contribution is 5.96. The maximum Gasteiger partial charge on any atom is 0.417 e. The van der Waals surface area contributed by atoms with Gasteiger partial charge in [-0.05, 0) is 54.5 Å². The lowest BCUT2D eigenvalue weighted by molar-refractivity contribution is -0.123. The lowest BCUT2D eigenvalue weighted by atomic mass is 9.88. The number of nitrogens with one attached hydrogen (secondary N) is 2. The molecule has 0 fully saturated rings. The van der Waals surface area contributed by atoms with Crippen LogP contribution in [0.1, 0.15) is 45.0 Å². The second-order valence-electron chi connectivity index (χ2n) is 11.4. The van der Waals surface area contributed by atoms with Crippen molar-refractivity contribution in [3.63, 3.8) is 0 Å². The molecular formula is C30H38N6O7. The molecule has 3 rings (SSSR count). The molecule has 43 heavy (non-hydrogen) atoms. The highest BCUT2D eigenvalue weighted by atomic mass is 16.5. The first kappa shape index (κ1) is 32.6. The van der Waals surface area contributed by atoms with Gasteiger partial charge in [-0.3, -0.25) is 14.4 Å². The second kappa shape index (κ2) is 13.8. The Labute approximate surface area is 249 Å². The van der Waals surface area contributed by atoms with Crippen molar-refractivity contribution in [1.82, 2.24) is 24.3 Å². The van der Waals surface area contributed by atoms with Crippen LogP contribution in [0, 0.1) is 5.41 Å². The first-order chi connectivity index (χ1) is 20.2. The molecule has 0 aliphatic rings. The van der Waals surface area contributed by atoms with E-state index in [-0.39, 0.29) is 42.2 Å². The normalized spacial score (nSPS) is 12.2. The molecule has 0 saturated heterocycles. The second-order valence-corrected chi connectivity index (χ2v) is 11.4. The van der Waals surface area contributed by atoms with Gasteiger partial charge >= 0.3 is 12.2 Å². The lowest BCUT2D eigenvalue weighted by Gasteiger charge is -2.18. The Morgan fingerprint density at radius 3 is 2.49 bits per heavy atom. The smallest absolute Gasteiger partial charge is 0.417 e. The summed E-state index contributed by atoms with van der Waals surface area (Å²) in [6.45, 7) is 6.06. The van der Waals surface area contributed by atoms with E-state index < -0.39 is 29.7 Å². The number of fused-ring (bicyclic) bond motifs is 1. The number of ether oxygens (including phenoxy) is 1. The number of hydrogen-bond acceptors (Lipinski definition) is 7. The Morgan fingerprint density at radius 2 is 1.86 bits per heavy atom. The zero-order valence-corrected chi connectivity index (χ0v) is 25.2. The molecule has 1 unspecified atom stereocenters. The van der Waals surface area contributed by atoms with Crippen molar-refractivity contribution in [3.05, 3.63) is 70.4 Å². The molecule has 0 aliphatic heterocycles. The molecule has 3 aromatic rings. The zero-order valence-electron chi connectivity index (χ0n) is 25.2. The standard InChI is InChI=1S/C30H38N6O7/c1-30(2,3)17-19-11-9-14-22-25(19)33-23(36(22)29(41)42)18-35-16-10-13-21(27(35)39)31-26(38)20(32-28(40)43-6)12-7-8-15-24(37)34(4)5/h8-11,13-16,20H,7,12,17-18H2,1-6H3,(H,31,38)(H,32,40)(H,41,42). The minimum absolute atomic E-state index is 0.0640. The van der Waals surface area contributed by atoms with E-state index >= 15 is 0 Å². The average molecular weight is 595 g/mol. The summed E-state index contributed by atoms with van der Waals surface area (Å²) in [4.78, 5) is 68.4. The highest BCUT2D eigenvalue weighted by Crippen LogP contribution is 2.27. The number of methoxy groups -OCH3 is 1. The van der Waals surface area contributed by atoms with Crippen molar-refractivity contribution in [2.45, 2.75) is 52.6 Å². The first-order valence-electron chi connectivity index (χ1n) is 13.7. The zero-order chi connectivity index (χ0) is 31.9. The number of pyridine rings is 1. The third-order valence-corrected chi connectivity index (χ3v) is 6.46. The van der Waals surface area contributed by atoms with Crippen LogP contribution < -0.4 is 16.2 Å². The maximum absolute atomic E-state index is 13.4. The molecule has 3 N–H and O–H groups in total. The number of likely N-dealkylation sites (N-methyl/N-ethyl adjacent to an activating group) is 1. The molecule has 0 radical (unpaired) electrons. The summed E-state index contributed by atoms with van der Waals surface area (Å²) in [6.07, 6.45) is 3.42. The number of alkyl carbamates (subject to hydrolysis) is 1. The van der Waals surface area contributed by atoms with Gasteiger partial charge in [0.2, 0.25) is 11.8 Å². The van der Waals surface area contributed by atoms with Crippen molar-refractivity contribution < 1.29 is 29.0 Å². The van der Waals surface area contributed by atoms with Crippen LogP contribution >= 0.6 is 0 Å². The van der Waals surface area contributed by atoms with Gasteiger partial charge in [-0.2, -0.15) is 0 Å². The fourth-order valence-electron chi connectivity index (χ4n) is 4.43. The maximum atomic E-state index is 13.4. The van der Waals surface area contributed by atoms with Crippen molar-refractivity contribution in [1.29, 1.82) is 0 Å². The van der Waals surface area contributed by atoms with Gasteiger partial charge in [0.25, 0.3) is 5.56 Å². The van der Waals surface area contributed by atoms with Gasteiger partial charge in [-0.1, -0.05) is 39.0 Å². The Hall–Kier alpha value is -4.94. The van der Waals surface area contributed by atoms with Crippen LogP contribution in [0.3, 0.4) is 0 Å². The molecule has 1 atom stereocenters. The van der Waals surface area contributed by atoms with Crippen molar-refractivity contribution in [3.8, 4) is 0 Å². The molecule has 13 heteroatoms. The first-order valence-corrected chi connectivity index (χ1v) is 13.7. The van der Waals surface area contributed by atoms with E-state index in [2.05, 4.69) is 41.1 Å². The number of aromatic nitrogens is 3. The summed E-state index contributed by atoms with van der Waals surface area (Å²) in [5.74, 6) is -0.760. The summed E-state index contributed by atoms with van der Waals surface area (Å²) < 4.78 is 6.93. The van der Waals surface area contributed by atoms with Crippen molar-refractivity contribution in [2.24, 2.45) is 5.41 Å². The molecule has 13 nitrogen and oxygen atoms in total. The van der Waals surface area contributed by atoms with E-state index in [1.54, 1.807) is 32.3 Å². The van der Waals surface area contributed by atoms with Gasteiger partial charge < -0.3 is 29.9 Å². The monoisotopic (exact) mass is 594 g/mol. The Bertz CT molecular complexity index is 1600.